The van der Waals surface area contributed by atoms with Gasteiger partial charge in [-0.15, -0.1) is 10.2 Å². The molecule has 2 aromatic carbocycles. The Hall–Kier alpha value is -2.34. The number of rotatable bonds is 4. The molecule has 0 bridgehead atoms. The van der Waals surface area contributed by atoms with Crippen molar-refractivity contribution in [2.45, 2.75) is 6.61 Å². The second-order valence-electron chi connectivity index (χ2n) is 4.34. The molecule has 0 aliphatic heterocycles. The van der Waals surface area contributed by atoms with Crippen LogP contribution in [0.15, 0.2) is 57.4 Å². The maximum absolute atomic E-state index is 5.61. The van der Waals surface area contributed by atoms with Gasteiger partial charge in [0.05, 0.1) is 5.56 Å². The van der Waals surface area contributed by atoms with Crippen LogP contribution in [0.1, 0.15) is 5.89 Å². The third-order valence-electron chi connectivity index (χ3n) is 2.81. The molecule has 6 heteroatoms. The molecule has 106 valence electrons. The van der Waals surface area contributed by atoms with Crippen LogP contribution in [0.2, 0.25) is 0 Å². The number of ether oxygens (including phenoxy) is 1. The summed E-state index contributed by atoms with van der Waals surface area (Å²) in [5.74, 6) is 1.57. The van der Waals surface area contributed by atoms with E-state index in [1.807, 2.05) is 24.3 Å². The largest absolute Gasteiger partial charge is 0.484 e. The number of nitrogen functional groups attached to an aromatic ring is 1. The van der Waals surface area contributed by atoms with Gasteiger partial charge in [-0.2, -0.15) is 0 Å². The van der Waals surface area contributed by atoms with Crippen molar-refractivity contribution < 1.29 is 9.15 Å². The molecular formula is C15H12BrN3O2. The van der Waals surface area contributed by atoms with Crippen molar-refractivity contribution in [1.82, 2.24) is 10.2 Å². The molecule has 0 atom stereocenters. The topological polar surface area (TPSA) is 74.2 Å². The maximum Gasteiger partial charge on any atom is 0.254 e. The van der Waals surface area contributed by atoms with Gasteiger partial charge in [-0.25, -0.2) is 0 Å². The van der Waals surface area contributed by atoms with Crippen molar-refractivity contribution in [2.24, 2.45) is 0 Å². The van der Waals surface area contributed by atoms with Crippen molar-refractivity contribution in [2.75, 3.05) is 5.73 Å². The quantitative estimate of drug-likeness (QED) is 0.730. The van der Waals surface area contributed by atoms with E-state index >= 15 is 0 Å². The molecule has 0 saturated heterocycles. The zero-order chi connectivity index (χ0) is 14.7. The standard InChI is InChI=1S/C15H12BrN3O2/c16-13-4-2-1-3-12(13)15-19-18-14(21-15)9-20-11-7-5-10(17)6-8-11/h1-8H,9,17H2. The highest BCUT2D eigenvalue weighted by Crippen LogP contribution is 2.26. The van der Waals surface area contributed by atoms with Crippen LogP contribution in [0, 0.1) is 0 Å². The van der Waals surface area contributed by atoms with Gasteiger partial charge >= 0.3 is 0 Å². The summed E-state index contributed by atoms with van der Waals surface area (Å²) in [6.45, 7) is 0.210. The molecule has 0 spiro atoms. The van der Waals surface area contributed by atoms with Gasteiger partial charge in [0.15, 0.2) is 6.61 Å². The number of nitrogens with zero attached hydrogens (tertiary/aromatic N) is 2. The molecule has 0 fully saturated rings. The van der Waals surface area contributed by atoms with E-state index in [-0.39, 0.29) is 6.61 Å². The number of nitrogens with two attached hydrogens (primary N) is 1. The molecule has 5 nitrogen and oxygen atoms in total. The lowest BCUT2D eigenvalue weighted by atomic mass is 10.2. The minimum atomic E-state index is 0.210. The van der Waals surface area contributed by atoms with Crippen LogP contribution >= 0.6 is 15.9 Å². The first-order valence-electron chi connectivity index (χ1n) is 6.28. The van der Waals surface area contributed by atoms with Crippen LogP contribution in [-0.4, -0.2) is 10.2 Å². The zero-order valence-electron chi connectivity index (χ0n) is 11.0. The van der Waals surface area contributed by atoms with Gasteiger partial charge < -0.3 is 14.9 Å². The van der Waals surface area contributed by atoms with Crippen molar-refractivity contribution in [3.63, 3.8) is 0 Å². The Labute approximate surface area is 129 Å². The fourth-order valence-electron chi connectivity index (χ4n) is 1.76. The summed E-state index contributed by atoms with van der Waals surface area (Å²) >= 11 is 3.45. The molecular weight excluding hydrogens is 334 g/mol. The summed E-state index contributed by atoms with van der Waals surface area (Å²) in [6, 6.07) is 14.8. The predicted octanol–water partition coefficient (Wildman–Crippen LogP) is 3.66. The predicted molar refractivity (Wildman–Crippen MR) is 82.6 cm³/mol. The molecule has 1 heterocycles. The normalized spacial score (nSPS) is 10.5. The fourth-order valence-corrected chi connectivity index (χ4v) is 2.22. The molecule has 0 aliphatic rings. The molecule has 21 heavy (non-hydrogen) atoms. The lowest BCUT2D eigenvalue weighted by Crippen LogP contribution is -1.95. The van der Waals surface area contributed by atoms with Gasteiger partial charge in [0.2, 0.25) is 5.89 Å². The van der Waals surface area contributed by atoms with E-state index in [2.05, 4.69) is 26.1 Å². The first kappa shape index (κ1) is 13.6. The van der Waals surface area contributed by atoms with E-state index in [0.717, 1.165) is 10.0 Å². The smallest absolute Gasteiger partial charge is 0.254 e. The summed E-state index contributed by atoms with van der Waals surface area (Å²) in [5, 5.41) is 8.01. The Bertz CT molecular complexity index is 741. The van der Waals surface area contributed by atoms with Crippen LogP contribution in [-0.2, 0) is 6.61 Å². The molecule has 0 aliphatic carbocycles. The van der Waals surface area contributed by atoms with Crippen molar-refractivity contribution in [3.05, 3.63) is 58.9 Å². The Morgan fingerprint density at radius 3 is 2.57 bits per heavy atom. The van der Waals surface area contributed by atoms with Crippen LogP contribution < -0.4 is 10.5 Å². The maximum atomic E-state index is 5.61. The average Bonchev–Trinajstić information content (AvgIpc) is 2.96. The molecule has 0 saturated carbocycles. The molecule has 0 amide bonds. The van der Waals surface area contributed by atoms with Gasteiger partial charge in [0, 0.05) is 10.2 Å². The zero-order valence-corrected chi connectivity index (χ0v) is 12.6. The number of hydrogen-bond acceptors (Lipinski definition) is 5. The lowest BCUT2D eigenvalue weighted by molar-refractivity contribution is 0.264. The molecule has 0 radical (unpaired) electrons. The number of hydrogen-bond donors (Lipinski definition) is 1. The van der Waals surface area contributed by atoms with Gasteiger partial charge in [0.1, 0.15) is 5.75 Å². The molecule has 2 N–H and O–H groups in total. The van der Waals surface area contributed by atoms with Gasteiger partial charge in [-0.05, 0) is 52.3 Å². The lowest BCUT2D eigenvalue weighted by Gasteiger charge is -2.03. The fraction of sp³-hybridized carbons (Fsp3) is 0.0667. The SMILES string of the molecule is Nc1ccc(OCc2nnc(-c3ccccc3Br)o2)cc1. The average molecular weight is 346 g/mol. The number of aromatic nitrogens is 2. The summed E-state index contributed by atoms with van der Waals surface area (Å²) < 4.78 is 12.1. The number of halogens is 1. The van der Waals surface area contributed by atoms with Crippen LogP contribution in [0.3, 0.4) is 0 Å². The first-order chi connectivity index (χ1) is 10.2. The summed E-state index contributed by atoms with van der Waals surface area (Å²) in [7, 11) is 0. The first-order valence-corrected chi connectivity index (χ1v) is 7.07. The Morgan fingerprint density at radius 2 is 1.81 bits per heavy atom. The Kier molecular flexibility index (Phi) is 3.87. The number of benzene rings is 2. The monoisotopic (exact) mass is 345 g/mol. The summed E-state index contributed by atoms with van der Waals surface area (Å²) in [5.41, 5.74) is 7.16. The highest BCUT2D eigenvalue weighted by Gasteiger charge is 2.11. The highest BCUT2D eigenvalue weighted by molar-refractivity contribution is 9.10. The van der Waals surface area contributed by atoms with E-state index in [9.17, 15) is 0 Å². The third kappa shape index (κ3) is 3.22. The van der Waals surface area contributed by atoms with Gasteiger partial charge in [0.25, 0.3) is 5.89 Å². The molecule has 3 rings (SSSR count). The molecule has 3 aromatic rings. The summed E-state index contributed by atoms with van der Waals surface area (Å²) in [6.07, 6.45) is 0. The van der Waals surface area contributed by atoms with E-state index in [4.69, 9.17) is 14.9 Å². The van der Waals surface area contributed by atoms with E-state index in [1.54, 1.807) is 24.3 Å². The van der Waals surface area contributed by atoms with E-state index < -0.39 is 0 Å². The van der Waals surface area contributed by atoms with Crippen molar-refractivity contribution in [3.8, 4) is 17.2 Å². The van der Waals surface area contributed by atoms with E-state index in [0.29, 0.717) is 23.2 Å². The summed E-state index contributed by atoms with van der Waals surface area (Å²) in [4.78, 5) is 0. The van der Waals surface area contributed by atoms with Crippen LogP contribution in [0.25, 0.3) is 11.5 Å². The van der Waals surface area contributed by atoms with E-state index in [1.165, 1.54) is 0 Å². The minimum absolute atomic E-state index is 0.210. The second-order valence-corrected chi connectivity index (χ2v) is 5.19. The Morgan fingerprint density at radius 1 is 1.05 bits per heavy atom. The Balaban J connectivity index is 1.71. The van der Waals surface area contributed by atoms with Crippen LogP contribution in [0.5, 0.6) is 5.75 Å². The van der Waals surface area contributed by atoms with Crippen LogP contribution in [0.4, 0.5) is 5.69 Å². The van der Waals surface area contributed by atoms with Crippen molar-refractivity contribution in [1.29, 1.82) is 0 Å². The van der Waals surface area contributed by atoms with Gasteiger partial charge in [-0.3, -0.25) is 0 Å². The highest BCUT2D eigenvalue weighted by atomic mass is 79.9. The number of anilines is 1. The minimum Gasteiger partial charge on any atom is -0.484 e. The van der Waals surface area contributed by atoms with Gasteiger partial charge in [-0.1, -0.05) is 12.1 Å². The van der Waals surface area contributed by atoms with Crippen molar-refractivity contribution >= 4 is 21.6 Å². The molecule has 1 aromatic heterocycles. The molecule has 0 unspecified atom stereocenters. The second kappa shape index (κ2) is 5.97. The third-order valence-corrected chi connectivity index (χ3v) is 3.51.